The molecule has 1 fully saturated rings. The van der Waals surface area contributed by atoms with E-state index in [0.29, 0.717) is 19.6 Å². The van der Waals surface area contributed by atoms with Crippen LogP contribution in [0.1, 0.15) is 19.8 Å². The molecule has 86 valence electrons. The fourth-order valence-electron chi connectivity index (χ4n) is 1.18. The van der Waals surface area contributed by atoms with E-state index in [1.807, 2.05) is 6.92 Å². The fraction of sp³-hybridized carbons (Fsp3) is 0.800. The Morgan fingerprint density at radius 1 is 1.20 bits per heavy atom. The van der Waals surface area contributed by atoms with Crippen LogP contribution in [0, 0.1) is 5.92 Å². The van der Waals surface area contributed by atoms with E-state index in [9.17, 15) is 9.59 Å². The summed E-state index contributed by atoms with van der Waals surface area (Å²) in [5, 5.41) is 8.42. The van der Waals surface area contributed by atoms with Crippen LogP contribution in [0.3, 0.4) is 0 Å². The van der Waals surface area contributed by atoms with Crippen LogP contribution in [0.2, 0.25) is 0 Å². The predicted octanol–water partition coefficient (Wildman–Crippen LogP) is -0.762. The second kappa shape index (κ2) is 6.40. The quantitative estimate of drug-likeness (QED) is 0.487. The first-order valence-corrected chi connectivity index (χ1v) is 5.49. The van der Waals surface area contributed by atoms with Crippen LogP contribution in [-0.4, -0.2) is 38.0 Å². The van der Waals surface area contributed by atoms with E-state index >= 15 is 0 Å². The summed E-state index contributed by atoms with van der Waals surface area (Å²) in [6.07, 6.45) is 2.03. The summed E-state index contributed by atoms with van der Waals surface area (Å²) in [6.45, 7) is 4.10. The highest BCUT2D eigenvalue weighted by Gasteiger charge is 2.28. The Morgan fingerprint density at radius 2 is 1.87 bits per heavy atom. The van der Waals surface area contributed by atoms with E-state index in [2.05, 4.69) is 16.0 Å². The highest BCUT2D eigenvalue weighted by Crippen LogP contribution is 2.28. The van der Waals surface area contributed by atoms with Gasteiger partial charge in [-0.2, -0.15) is 0 Å². The van der Waals surface area contributed by atoms with E-state index < -0.39 is 0 Å². The van der Waals surface area contributed by atoms with Gasteiger partial charge in [0, 0.05) is 19.0 Å². The molecule has 15 heavy (non-hydrogen) atoms. The lowest BCUT2D eigenvalue weighted by Crippen LogP contribution is -2.39. The molecule has 0 unspecified atom stereocenters. The molecule has 2 amide bonds. The molecule has 0 bridgehead atoms. The van der Waals surface area contributed by atoms with Gasteiger partial charge >= 0.3 is 0 Å². The van der Waals surface area contributed by atoms with Gasteiger partial charge in [-0.05, 0) is 19.4 Å². The first-order valence-electron chi connectivity index (χ1n) is 5.49. The molecule has 0 saturated heterocycles. The highest BCUT2D eigenvalue weighted by molar-refractivity contribution is 5.81. The summed E-state index contributed by atoms with van der Waals surface area (Å²) in [7, 11) is 0. The maximum Gasteiger partial charge on any atom is 0.234 e. The SMILES string of the molecule is CCNCC(=O)NCCNC(=O)C1CC1. The zero-order valence-electron chi connectivity index (χ0n) is 9.14. The molecule has 0 aromatic heterocycles. The standard InChI is InChI=1S/C10H19N3O2/c1-2-11-7-9(14)12-5-6-13-10(15)8-3-4-8/h8,11H,2-7H2,1H3,(H,12,14)(H,13,15). The third kappa shape index (κ3) is 5.37. The van der Waals surface area contributed by atoms with Crippen LogP contribution in [-0.2, 0) is 9.59 Å². The van der Waals surface area contributed by atoms with Gasteiger partial charge in [-0.1, -0.05) is 6.92 Å². The third-order valence-electron chi connectivity index (χ3n) is 2.23. The van der Waals surface area contributed by atoms with Crippen LogP contribution in [0.4, 0.5) is 0 Å². The lowest BCUT2D eigenvalue weighted by Gasteiger charge is -2.06. The van der Waals surface area contributed by atoms with Crippen molar-refractivity contribution in [2.45, 2.75) is 19.8 Å². The molecule has 1 aliphatic rings. The molecule has 0 aliphatic heterocycles. The van der Waals surface area contributed by atoms with Crippen molar-refractivity contribution >= 4 is 11.8 Å². The van der Waals surface area contributed by atoms with Crippen molar-refractivity contribution in [2.75, 3.05) is 26.2 Å². The smallest absolute Gasteiger partial charge is 0.234 e. The summed E-state index contributed by atoms with van der Waals surface area (Å²) >= 11 is 0. The molecule has 0 aromatic rings. The topological polar surface area (TPSA) is 70.2 Å². The van der Waals surface area contributed by atoms with Gasteiger partial charge in [0.25, 0.3) is 0 Å². The van der Waals surface area contributed by atoms with Gasteiger partial charge in [-0.15, -0.1) is 0 Å². The molecule has 3 N–H and O–H groups in total. The van der Waals surface area contributed by atoms with E-state index in [-0.39, 0.29) is 17.7 Å². The van der Waals surface area contributed by atoms with Gasteiger partial charge < -0.3 is 16.0 Å². The van der Waals surface area contributed by atoms with E-state index in [1.54, 1.807) is 0 Å². The number of hydrogen-bond donors (Lipinski definition) is 3. The first kappa shape index (κ1) is 12.0. The molecule has 0 atom stereocenters. The minimum Gasteiger partial charge on any atom is -0.354 e. The number of likely N-dealkylation sites (N-methyl/N-ethyl adjacent to an activating group) is 1. The zero-order valence-corrected chi connectivity index (χ0v) is 9.14. The lowest BCUT2D eigenvalue weighted by atomic mass is 10.4. The van der Waals surface area contributed by atoms with Crippen LogP contribution in [0.15, 0.2) is 0 Å². The van der Waals surface area contributed by atoms with Gasteiger partial charge in [0.1, 0.15) is 0 Å². The average Bonchev–Trinajstić information content (AvgIpc) is 3.04. The summed E-state index contributed by atoms with van der Waals surface area (Å²) in [6, 6.07) is 0. The number of hydrogen-bond acceptors (Lipinski definition) is 3. The molecule has 1 aliphatic carbocycles. The molecule has 0 aromatic carbocycles. The maximum atomic E-state index is 11.2. The largest absolute Gasteiger partial charge is 0.354 e. The second-order valence-electron chi connectivity index (χ2n) is 3.70. The molecule has 5 heteroatoms. The van der Waals surface area contributed by atoms with E-state index in [0.717, 1.165) is 19.4 Å². The number of carbonyl (C=O) groups is 2. The van der Waals surface area contributed by atoms with Gasteiger partial charge in [-0.25, -0.2) is 0 Å². The molecule has 1 rings (SSSR count). The van der Waals surface area contributed by atoms with Gasteiger partial charge in [0.15, 0.2) is 0 Å². The minimum absolute atomic E-state index is 0.0301. The summed E-state index contributed by atoms with van der Waals surface area (Å²) in [4.78, 5) is 22.3. The Labute approximate surface area is 90.0 Å². The summed E-state index contributed by atoms with van der Waals surface area (Å²) in [5.74, 6) is 0.330. The van der Waals surface area contributed by atoms with E-state index in [4.69, 9.17) is 0 Å². The Morgan fingerprint density at radius 3 is 2.47 bits per heavy atom. The number of rotatable bonds is 7. The summed E-state index contributed by atoms with van der Waals surface area (Å²) < 4.78 is 0. The molecular formula is C10H19N3O2. The molecule has 5 nitrogen and oxygen atoms in total. The Balaban J connectivity index is 1.91. The van der Waals surface area contributed by atoms with Crippen molar-refractivity contribution in [3.63, 3.8) is 0 Å². The van der Waals surface area contributed by atoms with Crippen molar-refractivity contribution in [1.29, 1.82) is 0 Å². The van der Waals surface area contributed by atoms with E-state index in [1.165, 1.54) is 0 Å². The fourth-order valence-corrected chi connectivity index (χ4v) is 1.18. The molecular weight excluding hydrogens is 194 g/mol. The Hall–Kier alpha value is -1.10. The second-order valence-corrected chi connectivity index (χ2v) is 3.70. The van der Waals surface area contributed by atoms with Crippen molar-refractivity contribution in [1.82, 2.24) is 16.0 Å². The highest BCUT2D eigenvalue weighted by atomic mass is 16.2. The summed E-state index contributed by atoms with van der Waals surface area (Å²) in [5.41, 5.74) is 0. The van der Waals surface area contributed by atoms with Crippen LogP contribution < -0.4 is 16.0 Å². The predicted molar refractivity (Wildman–Crippen MR) is 57.3 cm³/mol. The lowest BCUT2D eigenvalue weighted by molar-refractivity contribution is -0.123. The van der Waals surface area contributed by atoms with Crippen LogP contribution >= 0.6 is 0 Å². The Bertz CT molecular complexity index is 227. The third-order valence-corrected chi connectivity index (χ3v) is 2.23. The van der Waals surface area contributed by atoms with Gasteiger partial charge in [0.05, 0.1) is 6.54 Å². The zero-order chi connectivity index (χ0) is 11.1. The molecule has 1 saturated carbocycles. The maximum absolute atomic E-state index is 11.2. The van der Waals surface area contributed by atoms with Crippen LogP contribution in [0.25, 0.3) is 0 Å². The Kier molecular flexibility index (Phi) is 5.10. The van der Waals surface area contributed by atoms with Gasteiger partial charge in [0.2, 0.25) is 11.8 Å². The van der Waals surface area contributed by atoms with Crippen molar-refractivity contribution in [2.24, 2.45) is 5.92 Å². The first-order chi connectivity index (χ1) is 7.24. The van der Waals surface area contributed by atoms with Crippen LogP contribution in [0.5, 0.6) is 0 Å². The monoisotopic (exact) mass is 213 g/mol. The molecule has 0 heterocycles. The number of amides is 2. The number of nitrogens with one attached hydrogen (secondary N) is 3. The normalized spacial score (nSPS) is 14.7. The minimum atomic E-state index is -0.0301. The van der Waals surface area contributed by atoms with Gasteiger partial charge in [-0.3, -0.25) is 9.59 Å². The molecule has 0 radical (unpaired) electrons. The van der Waals surface area contributed by atoms with Crippen molar-refractivity contribution in [3.8, 4) is 0 Å². The van der Waals surface area contributed by atoms with Crippen molar-refractivity contribution < 1.29 is 9.59 Å². The van der Waals surface area contributed by atoms with Crippen molar-refractivity contribution in [3.05, 3.63) is 0 Å². The number of carbonyl (C=O) groups excluding carboxylic acids is 2. The average molecular weight is 213 g/mol. The molecule has 0 spiro atoms.